The molecular formula is C32H54N4O9. The summed E-state index contributed by atoms with van der Waals surface area (Å²) in [5.41, 5.74) is -1.76. The number of phenolic OH excluding ortho intramolecular Hbond substituents is 1. The van der Waals surface area contributed by atoms with Crippen LogP contribution in [0, 0.1) is 0 Å². The summed E-state index contributed by atoms with van der Waals surface area (Å²) in [6.45, 7) is 21.5. The van der Waals surface area contributed by atoms with E-state index in [1.807, 2.05) is 0 Å². The maximum absolute atomic E-state index is 13.1. The minimum atomic E-state index is -0.765. The number of hydrogen-bond donors (Lipinski definition) is 3. The molecule has 13 nitrogen and oxygen atoms in total. The van der Waals surface area contributed by atoms with Crippen LogP contribution in [0.15, 0.2) is 18.2 Å². The number of nitrogens with one attached hydrogen (secondary N) is 2. The zero-order valence-electron chi connectivity index (χ0n) is 29.1. The lowest BCUT2D eigenvalue weighted by atomic mass is 10.1. The average molecular weight is 639 g/mol. The molecule has 13 heteroatoms. The lowest BCUT2D eigenvalue weighted by Gasteiger charge is -2.29. The summed E-state index contributed by atoms with van der Waals surface area (Å²) < 4.78 is 21.7. The van der Waals surface area contributed by atoms with E-state index in [2.05, 4.69) is 10.6 Å². The minimum absolute atomic E-state index is 0.0406. The van der Waals surface area contributed by atoms with E-state index in [1.165, 1.54) is 21.9 Å². The first-order chi connectivity index (χ1) is 20.3. The summed E-state index contributed by atoms with van der Waals surface area (Å²) in [7, 11) is 0. The first-order valence-corrected chi connectivity index (χ1v) is 15.0. The fraction of sp³-hybridized carbons (Fsp3) is 0.688. The van der Waals surface area contributed by atoms with Crippen molar-refractivity contribution in [1.82, 2.24) is 20.4 Å². The van der Waals surface area contributed by atoms with E-state index in [1.54, 1.807) is 89.2 Å². The molecular weight excluding hydrogens is 584 g/mol. The van der Waals surface area contributed by atoms with E-state index < -0.39 is 46.8 Å². The number of amides is 4. The Kier molecular flexibility index (Phi) is 13.8. The first kappa shape index (κ1) is 39.1. The normalized spacial score (nSPS) is 12.1. The number of rotatable bonds is 10. The van der Waals surface area contributed by atoms with Gasteiger partial charge in [0.05, 0.1) is 0 Å². The number of ether oxygens (including phenoxy) is 4. The number of aromatic hydroxyl groups is 1. The lowest BCUT2D eigenvalue weighted by Crippen LogP contribution is -2.42. The monoisotopic (exact) mass is 638 g/mol. The van der Waals surface area contributed by atoms with Crippen LogP contribution < -0.4 is 10.6 Å². The Balaban J connectivity index is 3.16. The van der Waals surface area contributed by atoms with Crippen molar-refractivity contribution in [3.8, 4) is 5.75 Å². The lowest BCUT2D eigenvalue weighted by molar-refractivity contribution is 0.0222. The van der Waals surface area contributed by atoms with Crippen molar-refractivity contribution in [2.75, 3.05) is 26.2 Å². The molecule has 0 fully saturated rings. The van der Waals surface area contributed by atoms with Crippen molar-refractivity contribution in [2.45, 2.75) is 119 Å². The Labute approximate surface area is 267 Å². The Bertz CT molecular complexity index is 1070. The van der Waals surface area contributed by atoms with Gasteiger partial charge in [0.25, 0.3) is 0 Å². The Hall–Kier alpha value is -3.90. The van der Waals surface area contributed by atoms with Crippen LogP contribution in [0.25, 0.3) is 0 Å². The van der Waals surface area contributed by atoms with Crippen LogP contribution in [0.2, 0.25) is 0 Å². The van der Waals surface area contributed by atoms with Crippen LogP contribution in [-0.4, -0.2) is 87.9 Å². The number of benzene rings is 1. The van der Waals surface area contributed by atoms with Crippen molar-refractivity contribution in [1.29, 1.82) is 0 Å². The molecule has 1 rings (SSSR count). The average Bonchev–Trinajstić information content (AvgIpc) is 2.78. The highest BCUT2D eigenvalue weighted by molar-refractivity contribution is 5.70. The molecule has 45 heavy (non-hydrogen) atoms. The Morgan fingerprint density at radius 3 is 1.18 bits per heavy atom. The third-order valence-electron chi connectivity index (χ3n) is 5.19. The number of carbonyl (C=O) groups excluding carboxylic acids is 4. The fourth-order valence-electron chi connectivity index (χ4n) is 3.70. The zero-order valence-corrected chi connectivity index (χ0v) is 29.1. The molecule has 1 aromatic rings. The molecule has 1 aromatic carbocycles. The largest absolute Gasteiger partial charge is 0.508 e. The van der Waals surface area contributed by atoms with Gasteiger partial charge in [0.1, 0.15) is 28.2 Å². The van der Waals surface area contributed by atoms with Crippen molar-refractivity contribution in [3.05, 3.63) is 29.3 Å². The maximum Gasteiger partial charge on any atom is 0.410 e. The fourth-order valence-corrected chi connectivity index (χ4v) is 3.70. The molecule has 0 saturated heterocycles. The highest BCUT2D eigenvalue weighted by Crippen LogP contribution is 2.21. The van der Waals surface area contributed by atoms with Gasteiger partial charge in [-0.2, -0.15) is 0 Å². The van der Waals surface area contributed by atoms with Gasteiger partial charge in [0.2, 0.25) is 0 Å². The van der Waals surface area contributed by atoms with Crippen LogP contribution in [-0.2, 0) is 32.0 Å². The molecule has 3 N–H and O–H groups in total. The standard InChI is InChI=1S/C32H54N4O9/c1-29(2,3)42-25(38)33-13-15-35(27(40)44-31(7,8)9)20-22-17-23(19-24(37)18-22)21-36(28(41)45-32(10,11)12)16-14-34-26(39)43-30(4,5)6/h17-19,37H,13-16,20-21H2,1-12H3,(H,33,38)(H,34,39). The van der Waals surface area contributed by atoms with E-state index in [-0.39, 0.29) is 45.0 Å². The molecule has 256 valence electrons. The predicted molar refractivity (Wildman–Crippen MR) is 170 cm³/mol. The highest BCUT2D eigenvalue weighted by Gasteiger charge is 2.25. The highest BCUT2D eigenvalue weighted by atomic mass is 16.6. The van der Waals surface area contributed by atoms with Crippen molar-refractivity contribution < 1.29 is 43.2 Å². The SMILES string of the molecule is CC(C)(C)OC(=O)NCCN(Cc1cc(O)cc(CN(CCNC(=O)OC(C)(C)C)C(=O)OC(C)(C)C)c1)C(=O)OC(C)(C)C. The van der Waals surface area contributed by atoms with E-state index in [4.69, 9.17) is 18.9 Å². The topological polar surface area (TPSA) is 156 Å². The molecule has 0 heterocycles. The molecule has 0 bridgehead atoms. The molecule has 0 saturated carbocycles. The predicted octanol–water partition coefficient (Wildman–Crippen LogP) is 5.92. The molecule has 0 aliphatic rings. The number of alkyl carbamates (subject to hydrolysis) is 2. The van der Waals surface area contributed by atoms with Gasteiger partial charge in [0, 0.05) is 39.3 Å². The van der Waals surface area contributed by atoms with Crippen LogP contribution >= 0.6 is 0 Å². The quantitative estimate of drug-likeness (QED) is 0.265. The van der Waals surface area contributed by atoms with Gasteiger partial charge >= 0.3 is 24.4 Å². The summed E-state index contributed by atoms with van der Waals surface area (Å²) in [5.74, 6) is -0.0745. The molecule has 0 atom stereocenters. The van der Waals surface area contributed by atoms with Crippen molar-refractivity contribution >= 4 is 24.4 Å². The van der Waals surface area contributed by atoms with Gasteiger partial charge in [-0.05, 0) is 106 Å². The smallest absolute Gasteiger partial charge is 0.410 e. The number of hydrogen-bond acceptors (Lipinski definition) is 9. The summed E-state index contributed by atoms with van der Waals surface area (Å²) in [4.78, 5) is 53.2. The van der Waals surface area contributed by atoms with E-state index >= 15 is 0 Å². The second kappa shape index (κ2) is 15.9. The van der Waals surface area contributed by atoms with Gasteiger partial charge in [0.15, 0.2) is 0 Å². The van der Waals surface area contributed by atoms with Gasteiger partial charge in [-0.25, -0.2) is 19.2 Å². The number of phenols is 1. The second-order valence-electron chi connectivity index (χ2n) is 14.7. The third kappa shape index (κ3) is 18.5. The Morgan fingerprint density at radius 2 is 0.889 bits per heavy atom. The maximum atomic E-state index is 13.1. The van der Waals surface area contributed by atoms with Gasteiger partial charge in [-0.1, -0.05) is 6.07 Å². The molecule has 0 aromatic heterocycles. The third-order valence-corrected chi connectivity index (χ3v) is 5.19. The van der Waals surface area contributed by atoms with E-state index in [0.717, 1.165) is 0 Å². The molecule has 0 unspecified atom stereocenters. The van der Waals surface area contributed by atoms with Crippen LogP contribution in [0.4, 0.5) is 19.2 Å². The van der Waals surface area contributed by atoms with Crippen LogP contribution in [0.1, 0.15) is 94.2 Å². The van der Waals surface area contributed by atoms with Gasteiger partial charge < -0.3 is 44.5 Å². The van der Waals surface area contributed by atoms with Crippen LogP contribution in [0.5, 0.6) is 5.75 Å². The number of nitrogens with zero attached hydrogens (tertiary/aromatic N) is 2. The van der Waals surface area contributed by atoms with E-state index in [9.17, 15) is 24.3 Å². The van der Waals surface area contributed by atoms with Gasteiger partial charge in [-0.15, -0.1) is 0 Å². The van der Waals surface area contributed by atoms with Crippen molar-refractivity contribution in [2.24, 2.45) is 0 Å². The summed E-state index contributed by atoms with van der Waals surface area (Å²) in [6, 6.07) is 4.76. The van der Waals surface area contributed by atoms with Crippen molar-refractivity contribution in [3.63, 3.8) is 0 Å². The summed E-state index contributed by atoms with van der Waals surface area (Å²) >= 11 is 0. The second-order valence-corrected chi connectivity index (χ2v) is 14.7. The van der Waals surface area contributed by atoms with Gasteiger partial charge in [-0.3, -0.25) is 0 Å². The van der Waals surface area contributed by atoms with Crippen LogP contribution in [0.3, 0.4) is 0 Å². The molecule has 0 spiro atoms. The Morgan fingerprint density at radius 1 is 0.578 bits per heavy atom. The molecule has 0 aliphatic heterocycles. The zero-order chi connectivity index (χ0) is 34.8. The van der Waals surface area contributed by atoms with E-state index in [0.29, 0.717) is 11.1 Å². The molecule has 4 amide bonds. The first-order valence-electron chi connectivity index (χ1n) is 15.0. The summed E-state index contributed by atoms with van der Waals surface area (Å²) in [5, 5.41) is 15.8. The summed E-state index contributed by atoms with van der Waals surface area (Å²) in [6.07, 6.45) is -2.45. The molecule has 0 radical (unpaired) electrons. The minimum Gasteiger partial charge on any atom is -0.508 e. The molecule has 0 aliphatic carbocycles. The number of carbonyl (C=O) groups is 4.